The van der Waals surface area contributed by atoms with Gasteiger partial charge in [-0.1, -0.05) is 76.9 Å². The molecule has 0 aliphatic heterocycles. The van der Waals surface area contributed by atoms with E-state index in [1.165, 1.54) is 70.6 Å². The first kappa shape index (κ1) is 28.8. The van der Waals surface area contributed by atoms with E-state index in [-0.39, 0.29) is 43.3 Å². The summed E-state index contributed by atoms with van der Waals surface area (Å²) in [4.78, 5) is 0. The molecular formula is C20H42NNaO3S. The normalized spacial score (nSPS) is 11.8. The molecule has 0 fully saturated rings. The molecule has 0 rings (SSSR count). The summed E-state index contributed by atoms with van der Waals surface area (Å²) < 4.78 is 27.4. The average Bonchev–Trinajstić information content (AvgIpc) is 2.57. The van der Waals surface area contributed by atoms with E-state index in [0.717, 1.165) is 19.3 Å². The van der Waals surface area contributed by atoms with E-state index < -0.39 is 10.1 Å². The van der Waals surface area contributed by atoms with E-state index in [9.17, 15) is 8.42 Å². The molecule has 0 heterocycles. The summed E-state index contributed by atoms with van der Waals surface area (Å²) in [6.07, 6.45) is 22.1. The molecule has 0 bridgehead atoms. The van der Waals surface area contributed by atoms with Crippen molar-refractivity contribution in [2.24, 2.45) is 5.73 Å². The molecule has 152 valence electrons. The summed E-state index contributed by atoms with van der Waals surface area (Å²) in [7, 11) is -3.38. The van der Waals surface area contributed by atoms with Crippen LogP contribution in [0.15, 0.2) is 12.2 Å². The van der Waals surface area contributed by atoms with Gasteiger partial charge in [0.15, 0.2) is 0 Å². The van der Waals surface area contributed by atoms with Crippen molar-refractivity contribution < 1.29 is 43.6 Å². The van der Waals surface area contributed by atoms with Crippen LogP contribution in [-0.2, 0) is 14.3 Å². The molecule has 4 nitrogen and oxygen atoms in total. The van der Waals surface area contributed by atoms with Crippen molar-refractivity contribution in [2.75, 3.05) is 18.9 Å². The molecular weight excluding hydrogens is 357 g/mol. The molecule has 2 N–H and O–H groups in total. The standard InChI is InChI=1S/C20H41NO3S.Na.H/c1-2-3-4-5-6-7-8-9-10-11-12-13-14-15-16-17-19-24-25(22,23)20-18-21;;/h9-10H,2-8,11-21H2,1H3;;/q;+1;-1/b10-9-;;. The number of allylic oxidation sites excluding steroid dienone is 2. The Morgan fingerprint density at radius 1 is 0.808 bits per heavy atom. The molecule has 0 radical (unpaired) electrons. The topological polar surface area (TPSA) is 69.4 Å². The van der Waals surface area contributed by atoms with Crippen LogP contribution in [-0.4, -0.2) is 27.3 Å². The van der Waals surface area contributed by atoms with Gasteiger partial charge in [-0.2, -0.15) is 8.42 Å². The Labute approximate surface area is 186 Å². The summed E-state index contributed by atoms with van der Waals surface area (Å²) in [6, 6.07) is 0. The summed E-state index contributed by atoms with van der Waals surface area (Å²) in [5.74, 6) is -0.0840. The van der Waals surface area contributed by atoms with Crippen molar-refractivity contribution >= 4 is 10.1 Å². The van der Waals surface area contributed by atoms with Crippen molar-refractivity contribution in [2.45, 2.75) is 96.8 Å². The molecule has 0 aromatic heterocycles. The van der Waals surface area contributed by atoms with Gasteiger partial charge in [-0.3, -0.25) is 4.18 Å². The molecule has 0 saturated carbocycles. The minimum absolute atomic E-state index is 0. The first-order chi connectivity index (χ1) is 12.1. The van der Waals surface area contributed by atoms with Gasteiger partial charge < -0.3 is 7.16 Å². The zero-order valence-corrected chi connectivity index (χ0v) is 20.2. The van der Waals surface area contributed by atoms with Crippen LogP contribution in [0, 0.1) is 0 Å². The van der Waals surface area contributed by atoms with E-state index in [1.54, 1.807) is 0 Å². The third-order valence-electron chi connectivity index (χ3n) is 4.29. The van der Waals surface area contributed by atoms with E-state index in [2.05, 4.69) is 19.1 Å². The minimum Gasteiger partial charge on any atom is -1.00 e. The van der Waals surface area contributed by atoms with Gasteiger partial charge in [0.1, 0.15) is 0 Å². The number of hydrogen-bond donors (Lipinski definition) is 1. The van der Waals surface area contributed by atoms with Gasteiger partial charge in [-0.25, -0.2) is 0 Å². The third-order valence-corrected chi connectivity index (χ3v) is 5.55. The van der Waals surface area contributed by atoms with Crippen LogP contribution in [0.1, 0.15) is 98.2 Å². The molecule has 0 atom stereocenters. The van der Waals surface area contributed by atoms with E-state index in [1.807, 2.05) is 0 Å². The Balaban J connectivity index is -0.00000288. The van der Waals surface area contributed by atoms with Gasteiger partial charge in [0, 0.05) is 6.54 Å². The van der Waals surface area contributed by atoms with E-state index in [0.29, 0.717) is 6.61 Å². The maximum Gasteiger partial charge on any atom is 1.00 e. The Kier molecular flexibility index (Phi) is 24.3. The van der Waals surface area contributed by atoms with E-state index >= 15 is 0 Å². The number of rotatable bonds is 19. The Hall–Kier alpha value is 0.610. The smallest absolute Gasteiger partial charge is 1.00 e. The van der Waals surface area contributed by atoms with E-state index in [4.69, 9.17) is 9.92 Å². The molecule has 0 aliphatic rings. The summed E-state index contributed by atoms with van der Waals surface area (Å²) in [5, 5.41) is 0. The van der Waals surface area contributed by atoms with Gasteiger partial charge in [0.05, 0.1) is 12.4 Å². The quantitative estimate of drug-likeness (QED) is 0.157. The number of unbranched alkanes of at least 4 members (excludes halogenated alkanes) is 12. The fourth-order valence-electron chi connectivity index (χ4n) is 2.74. The maximum absolute atomic E-state index is 11.3. The predicted octanol–water partition coefficient (Wildman–Crippen LogP) is 2.45. The molecule has 0 aromatic carbocycles. The molecule has 0 aliphatic carbocycles. The van der Waals surface area contributed by atoms with Gasteiger partial charge in [-0.05, 0) is 32.1 Å². The summed E-state index contributed by atoms with van der Waals surface area (Å²) >= 11 is 0. The van der Waals surface area contributed by atoms with Crippen LogP contribution in [0.4, 0.5) is 0 Å². The summed E-state index contributed by atoms with van der Waals surface area (Å²) in [6.45, 7) is 2.67. The SMILES string of the molecule is CCCCCCCC/C=C\CCCCCCCCOS(=O)(=O)CCN.[H-].[Na+]. The van der Waals surface area contributed by atoms with Crippen molar-refractivity contribution in [3.05, 3.63) is 12.2 Å². The molecule has 0 amide bonds. The van der Waals surface area contributed by atoms with Crippen LogP contribution in [0.3, 0.4) is 0 Å². The second kappa shape index (κ2) is 21.9. The molecule has 0 aromatic rings. The van der Waals surface area contributed by atoms with Crippen LogP contribution in [0.2, 0.25) is 0 Å². The van der Waals surface area contributed by atoms with Gasteiger partial charge in [0.25, 0.3) is 10.1 Å². The zero-order chi connectivity index (χ0) is 18.6. The number of nitrogens with two attached hydrogens (primary N) is 1. The predicted molar refractivity (Wildman–Crippen MR) is 109 cm³/mol. The molecule has 0 saturated heterocycles. The Morgan fingerprint density at radius 3 is 1.77 bits per heavy atom. The monoisotopic (exact) mass is 399 g/mol. The number of hydrogen-bond acceptors (Lipinski definition) is 4. The van der Waals surface area contributed by atoms with Gasteiger partial charge in [-0.15, -0.1) is 0 Å². The van der Waals surface area contributed by atoms with Gasteiger partial charge >= 0.3 is 29.6 Å². The molecule has 0 unspecified atom stereocenters. The van der Waals surface area contributed by atoms with Crippen LogP contribution < -0.4 is 35.3 Å². The largest absolute Gasteiger partial charge is 1.00 e. The fourth-order valence-corrected chi connectivity index (χ4v) is 3.52. The van der Waals surface area contributed by atoms with Crippen LogP contribution in [0.25, 0.3) is 0 Å². The van der Waals surface area contributed by atoms with Crippen LogP contribution >= 0.6 is 0 Å². The first-order valence-corrected chi connectivity index (χ1v) is 11.9. The van der Waals surface area contributed by atoms with Crippen molar-refractivity contribution in [3.63, 3.8) is 0 Å². The maximum atomic E-state index is 11.3. The average molecular weight is 400 g/mol. The fraction of sp³-hybridized carbons (Fsp3) is 0.900. The van der Waals surface area contributed by atoms with Crippen molar-refractivity contribution in [1.29, 1.82) is 0 Å². The Morgan fingerprint density at radius 2 is 1.27 bits per heavy atom. The minimum atomic E-state index is -3.38. The molecule has 6 heteroatoms. The van der Waals surface area contributed by atoms with Crippen molar-refractivity contribution in [1.82, 2.24) is 0 Å². The second-order valence-corrected chi connectivity index (χ2v) is 8.57. The van der Waals surface area contributed by atoms with Crippen molar-refractivity contribution in [3.8, 4) is 0 Å². The van der Waals surface area contributed by atoms with Gasteiger partial charge in [0.2, 0.25) is 0 Å². The third kappa shape index (κ3) is 22.7. The Bertz CT molecular complexity index is 406. The van der Waals surface area contributed by atoms with Crippen LogP contribution in [0.5, 0.6) is 0 Å². The molecule has 26 heavy (non-hydrogen) atoms. The first-order valence-electron chi connectivity index (χ1n) is 10.3. The molecule has 0 spiro atoms. The zero-order valence-electron chi connectivity index (χ0n) is 18.4. The second-order valence-electron chi connectivity index (χ2n) is 6.81. The summed E-state index contributed by atoms with van der Waals surface area (Å²) in [5.41, 5.74) is 5.22.